The molecule has 2 heterocycles. The maximum Gasteiger partial charge on any atom is 0.00992 e. The van der Waals surface area contributed by atoms with Gasteiger partial charge >= 0.3 is 0 Å². The second-order valence-corrected chi connectivity index (χ2v) is 5.24. The van der Waals surface area contributed by atoms with Crippen LogP contribution in [0.5, 0.6) is 0 Å². The zero-order valence-electron chi connectivity index (χ0n) is 9.13. The largest absolute Gasteiger partial charge is 0.297 e. The van der Waals surface area contributed by atoms with Crippen LogP contribution in [0.15, 0.2) is 0 Å². The van der Waals surface area contributed by atoms with Gasteiger partial charge in [0.2, 0.25) is 0 Å². The van der Waals surface area contributed by atoms with Crippen LogP contribution in [0.3, 0.4) is 0 Å². The molecule has 0 amide bonds. The normalized spacial score (nSPS) is 34.4. The zero-order valence-corrected chi connectivity index (χ0v) is 9.13. The highest BCUT2D eigenvalue weighted by Gasteiger charge is 2.35. The number of rotatable bonds is 3. The third kappa shape index (κ3) is 2.07. The van der Waals surface area contributed by atoms with E-state index in [1.807, 2.05) is 0 Å². The molecule has 2 unspecified atom stereocenters. The molecule has 0 aliphatic carbocycles. The summed E-state index contributed by atoms with van der Waals surface area (Å²) in [4.78, 5) is 2.79. The van der Waals surface area contributed by atoms with E-state index in [1.165, 1.54) is 45.1 Å². The van der Waals surface area contributed by atoms with Gasteiger partial charge in [0.05, 0.1) is 0 Å². The molecule has 13 heavy (non-hydrogen) atoms. The highest BCUT2D eigenvalue weighted by atomic mass is 15.2. The third-order valence-electron chi connectivity index (χ3n) is 3.80. The Bertz CT molecular complexity index is 165. The lowest BCUT2D eigenvalue weighted by Gasteiger charge is -2.24. The molecule has 0 N–H and O–H groups in total. The van der Waals surface area contributed by atoms with Crippen LogP contribution in [0, 0.1) is 5.92 Å². The molecule has 2 saturated heterocycles. The van der Waals surface area contributed by atoms with Crippen molar-refractivity contribution in [3.8, 4) is 0 Å². The Morgan fingerprint density at radius 3 is 2.85 bits per heavy atom. The third-order valence-corrected chi connectivity index (χ3v) is 3.80. The number of hydrogen-bond acceptors (Lipinski definition) is 1. The van der Waals surface area contributed by atoms with Crippen molar-refractivity contribution in [3.63, 3.8) is 0 Å². The average Bonchev–Trinajstić information content (AvgIpc) is 2.60. The van der Waals surface area contributed by atoms with Gasteiger partial charge in [-0.15, -0.1) is 0 Å². The minimum Gasteiger partial charge on any atom is -0.297 e. The van der Waals surface area contributed by atoms with Crippen LogP contribution in [0.1, 0.15) is 52.4 Å². The molecule has 0 bridgehead atoms. The summed E-state index contributed by atoms with van der Waals surface area (Å²) in [6.07, 6.45) is 8.79. The monoisotopic (exact) mass is 181 g/mol. The fourth-order valence-corrected chi connectivity index (χ4v) is 3.04. The highest BCUT2D eigenvalue weighted by molar-refractivity contribution is 4.91. The average molecular weight is 181 g/mol. The maximum absolute atomic E-state index is 2.79. The number of hydrogen-bond donors (Lipinski definition) is 0. The van der Waals surface area contributed by atoms with E-state index in [4.69, 9.17) is 0 Å². The van der Waals surface area contributed by atoms with Gasteiger partial charge in [-0.1, -0.05) is 13.8 Å². The summed E-state index contributed by atoms with van der Waals surface area (Å²) < 4.78 is 0. The van der Waals surface area contributed by atoms with E-state index in [0.29, 0.717) is 0 Å². The first-order valence-electron chi connectivity index (χ1n) is 6.03. The first-order chi connectivity index (χ1) is 6.27. The van der Waals surface area contributed by atoms with Crippen molar-refractivity contribution in [1.82, 2.24) is 4.90 Å². The Kier molecular flexibility index (Phi) is 2.92. The molecule has 0 radical (unpaired) electrons. The first kappa shape index (κ1) is 9.51. The highest BCUT2D eigenvalue weighted by Crippen LogP contribution is 2.34. The first-order valence-corrected chi connectivity index (χ1v) is 6.03. The van der Waals surface area contributed by atoms with Gasteiger partial charge in [-0.05, 0) is 51.0 Å². The Balaban J connectivity index is 1.80. The van der Waals surface area contributed by atoms with E-state index < -0.39 is 0 Å². The summed E-state index contributed by atoms with van der Waals surface area (Å²) in [6.45, 7) is 6.08. The van der Waals surface area contributed by atoms with Gasteiger partial charge in [-0.2, -0.15) is 0 Å². The van der Waals surface area contributed by atoms with Gasteiger partial charge in [0.1, 0.15) is 0 Å². The second kappa shape index (κ2) is 4.00. The number of fused-ring (bicyclic) bond motifs is 1. The minimum atomic E-state index is 0.890. The molecule has 0 aromatic rings. The Labute approximate surface area is 82.5 Å². The quantitative estimate of drug-likeness (QED) is 0.647. The lowest BCUT2D eigenvalue weighted by molar-refractivity contribution is 0.227. The predicted molar refractivity (Wildman–Crippen MR) is 56.8 cm³/mol. The number of nitrogens with zero attached hydrogens (tertiary/aromatic N) is 1. The maximum atomic E-state index is 2.79. The fraction of sp³-hybridized carbons (Fsp3) is 1.00. The van der Waals surface area contributed by atoms with Crippen molar-refractivity contribution in [2.75, 3.05) is 6.54 Å². The van der Waals surface area contributed by atoms with Crippen molar-refractivity contribution in [2.24, 2.45) is 5.92 Å². The van der Waals surface area contributed by atoms with Crippen LogP contribution in [-0.4, -0.2) is 23.5 Å². The van der Waals surface area contributed by atoms with Crippen LogP contribution in [0.2, 0.25) is 0 Å². The van der Waals surface area contributed by atoms with Crippen molar-refractivity contribution >= 4 is 0 Å². The summed E-state index contributed by atoms with van der Waals surface area (Å²) in [7, 11) is 0. The molecule has 0 aromatic carbocycles. The van der Waals surface area contributed by atoms with Crippen LogP contribution in [-0.2, 0) is 0 Å². The molecule has 0 aromatic heterocycles. The van der Waals surface area contributed by atoms with Gasteiger partial charge in [-0.25, -0.2) is 0 Å². The molecule has 76 valence electrons. The molecule has 0 spiro atoms. The topological polar surface area (TPSA) is 3.24 Å². The van der Waals surface area contributed by atoms with Crippen molar-refractivity contribution in [1.29, 1.82) is 0 Å². The van der Waals surface area contributed by atoms with Crippen LogP contribution < -0.4 is 0 Å². The van der Waals surface area contributed by atoms with Gasteiger partial charge in [0, 0.05) is 12.1 Å². The SMILES string of the molecule is CC(C)CCC1CCC2CCCN21. The smallest absolute Gasteiger partial charge is 0.00992 e. The van der Waals surface area contributed by atoms with Gasteiger partial charge in [0.15, 0.2) is 0 Å². The molecule has 2 rings (SSSR count). The van der Waals surface area contributed by atoms with Crippen LogP contribution in [0.25, 0.3) is 0 Å². The van der Waals surface area contributed by atoms with Gasteiger partial charge in [0.25, 0.3) is 0 Å². The summed E-state index contributed by atoms with van der Waals surface area (Å²) in [5.41, 5.74) is 0. The Morgan fingerprint density at radius 1 is 1.23 bits per heavy atom. The van der Waals surface area contributed by atoms with E-state index in [-0.39, 0.29) is 0 Å². The molecule has 2 aliphatic heterocycles. The zero-order chi connectivity index (χ0) is 9.26. The van der Waals surface area contributed by atoms with E-state index in [9.17, 15) is 0 Å². The molecule has 0 saturated carbocycles. The van der Waals surface area contributed by atoms with Crippen LogP contribution >= 0.6 is 0 Å². The Hall–Kier alpha value is -0.0400. The second-order valence-electron chi connectivity index (χ2n) is 5.24. The molecule has 1 nitrogen and oxygen atoms in total. The van der Waals surface area contributed by atoms with Gasteiger partial charge < -0.3 is 0 Å². The van der Waals surface area contributed by atoms with E-state index in [0.717, 1.165) is 18.0 Å². The minimum absolute atomic E-state index is 0.890. The molecular formula is C12H23N. The van der Waals surface area contributed by atoms with E-state index in [1.54, 1.807) is 0 Å². The fourth-order valence-electron chi connectivity index (χ4n) is 3.04. The van der Waals surface area contributed by atoms with E-state index >= 15 is 0 Å². The van der Waals surface area contributed by atoms with Gasteiger partial charge in [-0.3, -0.25) is 4.90 Å². The molecule has 2 aliphatic rings. The summed E-state index contributed by atoms with van der Waals surface area (Å²) in [5, 5.41) is 0. The van der Waals surface area contributed by atoms with Crippen molar-refractivity contribution in [3.05, 3.63) is 0 Å². The van der Waals surface area contributed by atoms with Crippen molar-refractivity contribution in [2.45, 2.75) is 64.5 Å². The molecular weight excluding hydrogens is 158 g/mol. The summed E-state index contributed by atoms with van der Waals surface area (Å²) in [5.74, 6) is 0.890. The lowest BCUT2D eigenvalue weighted by atomic mass is 10.0. The summed E-state index contributed by atoms with van der Waals surface area (Å²) in [6, 6.07) is 1.94. The Morgan fingerprint density at radius 2 is 2.08 bits per heavy atom. The lowest BCUT2D eigenvalue weighted by Crippen LogP contribution is -2.31. The molecule has 2 fully saturated rings. The van der Waals surface area contributed by atoms with Crippen molar-refractivity contribution < 1.29 is 0 Å². The summed E-state index contributed by atoms with van der Waals surface area (Å²) >= 11 is 0. The van der Waals surface area contributed by atoms with Crippen LogP contribution in [0.4, 0.5) is 0 Å². The molecule has 2 atom stereocenters. The standard InChI is InChI=1S/C12H23N/c1-10(2)5-6-12-8-7-11-4-3-9-13(11)12/h10-12H,3-9H2,1-2H3. The van der Waals surface area contributed by atoms with E-state index in [2.05, 4.69) is 18.7 Å². The molecule has 1 heteroatoms. The predicted octanol–water partition coefficient (Wildman–Crippen LogP) is 3.05.